The summed E-state index contributed by atoms with van der Waals surface area (Å²) >= 11 is 0. The zero-order chi connectivity index (χ0) is 21.3. The molecule has 2 N–H and O–H groups in total. The van der Waals surface area contributed by atoms with Gasteiger partial charge in [-0.1, -0.05) is 31.4 Å². The number of fused-ring (bicyclic) bond motifs is 1. The molecule has 0 atom stereocenters. The number of benzene rings is 2. The molecule has 160 valence electrons. The second kappa shape index (κ2) is 8.30. The predicted molar refractivity (Wildman–Crippen MR) is 120 cm³/mol. The van der Waals surface area contributed by atoms with Gasteiger partial charge in [-0.2, -0.15) is 0 Å². The summed E-state index contributed by atoms with van der Waals surface area (Å²) in [6.45, 7) is 4.38. The molecule has 2 aliphatic rings. The number of hydrogen-bond acceptors (Lipinski definition) is 3. The highest BCUT2D eigenvalue weighted by molar-refractivity contribution is 7.92. The summed E-state index contributed by atoms with van der Waals surface area (Å²) in [5, 5.41) is 3.15. The van der Waals surface area contributed by atoms with Gasteiger partial charge in [0, 0.05) is 18.3 Å². The molecule has 0 unspecified atom stereocenters. The molecule has 1 fully saturated rings. The fraction of sp³-hybridized carbons (Fsp3) is 0.435. The van der Waals surface area contributed by atoms with Crippen LogP contribution in [0.4, 0.5) is 16.2 Å². The van der Waals surface area contributed by atoms with Crippen molar-refractivity contribution in [3.8, 4) is 0 Å². The molecule has 4 rings (SSSR count). The van der Waals surface area contributed by atoms with E-state index in [1.165, 1.54) is 6.42 Å². The Kier molecular flexibility index (Phi) is 5.73. The Bertz CT molecular complexity index is 1060. The Morgan fingerprint density at radius 3 is 2.57 bits per heavy atom. The molecule has 0 aromatic heterocycles. The number of anilines is 2. The SMILES string of the molecule is Cc1ccc(C)c(NS(=O)(=O)c2ccc3c(c2)CCN3C(=O)NC2CCCCC2)c1. The van der Waals surface area contributed by atoms with E-state index >= 15 is 0 Å². The molecule has 1 saturated carbocycles. The van der Waals surface area contributed by atoms with Crippen molar-refractivity contribution >= 4 is 27.4 Å². The second-order valence-electron chi connectivity index (χ2n) is 8.40. The van der Waals surface area contributed by atoms with Gasteiger partial charge in [0.25, 0.3) is 10.0 Å². The molecule has 6 nitrogen and oxygen atoms in total. The summed E-state index contributed by atoms with van der Waals surface area (Å²) in [5.74, 6) is 0. The van der Waals surface area contributed by atoms with Crippen LogP contribution in [0, 0.1) is 13.8 Å². The maximum atomic E-state index is 12.9. The molecule has 0 bridgehead atoms. The molecule has 1 aliphatic carbocycles. The summed E-state index contributed by atoms with van der Waals surface area (Å²) in [6.07, 6.45) is 6.29. The smallest absolute Gasteiger partial charge is 0.322 e. The van der Waals surface area contributed by atoms with Crippen LogP contribution in [0.1, 0.15) is 48.8 Å². The Hall–Kier alpha value is -2.54. The molecule has 2 amide bonds. The van der Waals surface area contributed by atoms with E-state index in [4.69, 9.17) is 0 Å². The van der Waals surface area contributed by atoms with Gasteiger partial charge in [-0.15, -0.1) is 0 Å². The molecule has 2 aromatic carbocycles. The van der Waals surface area contributed by atoms with Crippen molar-refractivity contribution in [1.82, 2.24) is 5.32 Å². The lowest BCUT2D eigenvalue weighted by Crippen LogP contribution is -2.45. The van der Waals surface area contributed by atoms with Crippen molar-refractivity contribution in [2.24, 2.45) is 0 Å². The van der Waals surface area contributed by atoms with E-state index in [-0.39, 0.29) is 17.0 Å². The molecular weight excluding hydrogens is 398 g/mol. The van der Waals surface area contributed by atoms with Crippen molar-refractivity contribution in [1.29, 1.82) is 0 Å². The van der Waals surface area contributed by atoms with E-state index in [0.717, 1.165) is 48.1 Å². The van der Waals surface area contributed by atoms with Crippen LogP contribution in [0.3, 0.4) is 0 Å². The van der Waals surface area contributed by atoms with E-state index in [2.05, 4.69) is 10.0 Å². The minimum absolute atomic E-state index is 0.0789. The third-order valence-electron chi connectivity index (χ3n) is 6.07. The number of hydrogen-bond donors (Lipinski definition) is 2. The van der Waals surface area contributed by atoms with Crippen LogP contribution in [0.25, 0.3) is 0 Å². The van der Waals surface area contributed by atoms with Crippen molar-refractivity contribution in [3.05, 3.63) is 53.1 Å². The first-order chi connectivity index (χ1) is 14.3. The minimum atomic E-state index is -3.70. The average molecular weight is 428 g/mol. The highest BCUT2D eigenvalue weighted by atomic mass is 32.2. The van der Waals surface area contributed by atoms with Crippen LogP contribution in [-0.4, -0.2) is 27.0 Å². The van der Waals surface area contributed by atoms with Crippen LogP contribution in [0.2, 0.25) is 0 Å². The van der Waals surface area contributed by atoms with Crippen molar-refractivity contribution in [2.75, 3.05) is 16.2 Å². The number of sulfonamides is 1. The van der Waals surface area contributed by atoms with Gasteiger partial charge >= 0.3 is 6.03 Å². The van der Waals surface area contributed by atoms with E-state index in [0.29, 0.717) is 18.7 Å². The first kappa shape index (κ1) is 20.7. The predicted octanol–water partition coefficient (Wildman–Crippen LogP) is 4.51. The number of nitrogens with one attached hydrogen (secondary N) is 2. The third kappa shape index (κ3) is 4.31. The number of amides is 2. The number of carbonyl (C=O) groups excluding carboxylic acids is 1. The van der Waals surface area contributed by atoms with Crippen LogP contribution in [-0.2, 0) is 16.4 Å². The number of carbonyl (C=O) groups is 1. The zero-order valence-electron chi connectivity index (χ0n) is 17.6. The first-order valence-electron chi connectivity index (χ1n) is 10.6. The maximum absolute atomic E-state index is 12.9. The zero-order valence-corrected chi connectivity index (χ0v) is 18.4. The Labute approximate surface area is 178 Å². The standard InChI is InChI=1S/C23H29N3O3S/c1-16-8-9-17(2)21(14-16)25-30(28,29)20-10-11-22-18(15-20)12-13-26(22)23(27)24-19-6-4-3-5-7-19/h8-11,14-15,19,25H,3-7,12-13H2,1-2H3,(H,24,27). The molecule has 0 spiro atoms. The van der Waals surface area contributed by atoms with E-state index in [1.807, 2.05) is 32.0 Å². The fourth-order valence-electron chi connectivity index (χ4n) is 4.31. The molecule has 0 radical (unpaired) electrons. The first-order valence-corrected chi connectivity index (χ1v) is 12.1. The lowest BCUT2D eigenvalue weighted by molar-refractivity contribution is 0.238. The monoisotopic (exact) mass is 427 g/mol. The molecule has 1 aliphatic heterocycles. The van der Waals surface area contributed by atoms with Crippen molar-refractivity contribution in [3.63, 3.8) is 0 Å². The average Bonchev–Trinajstić information content (AvgIpc) is 3.15. The molecule has 0 saturated heterocycles. The van der Waals surface area contributed by atoms with Gasteiger partial charge in [-0.05, 0) is 74.1 Å². The van der Waals surface area contributed by atoms with Gasteiger partial charge in [0.15, 0.2) is 0 Å². The molecular formula is C23H29N3O3S. The van der Waals surface area contributed by atoms with Crippen LogP contribution in [0.5, 0.6) is 0 Å². The van der Waals surface area contributed by atoms with Gasteiger partial charge in [0.2, 0.25) is 0 Å². The number of urea groups is 1. The van der Waals surface area contributed by atoms with Gasteiger partial charge in [0.05, 0.1) is 10.6 Å². The summed E-state index contributed by atoms with van der Waals surface area (Å²) in [7, 11) is -3.70. The van der Waals surface area contributed by atoms with Crippen LogP contribution >= 0.6 is 0 Å². The molecule has 7 heteroatoms. The lowest BCUT2D eigenvalue weighted by atomic mass is 9.96. The van der Waals surface area contributed by atoms with Gasteiger partial charge < -0.3 is 5.32 Å². The minimum Gasteiger partial charge on any atom is -0.335 e. The topological polar surface area (TPSA) is 78.5 Å². The number of rotatable bonds is 4. The van der Waals surface area contributed by atoms with Crippen molar-refractivity contribution < 1.29 is 13.2 Å². The normalized spacial score (nSPS) is 16.9. The Morgan fingerprint density at radius 1 is 1.03 bits per heavy atom. The molecule has 30 heavy (non-hydrogen) atoms. The van der Waals surface area contributed by atoms with E-state index in [9.17, 15) is 13.2 Å². The number of aryl methyl sites for hydroxylation is 2. The molecule has 1 heterocycles. The van der Waals surface area contributed by atoms with Gasteiger partial charge in [-0.3, -0.25) is 9.62 Å². The van der Waals surface area contributed by atoms with Gasteiger partial charge in [-0.25, -0.2) is 13.2 Å². The lowest BCUT2D eigenvalue weighted by Gasteiger charge is -2.26. The third-order valence-corrected chi connectivity index (χ3v) is 7.44. The van der Waals surface area contributed by atoms with Crippen LogP contribution in [0.15, 0.2) is 41.3 Å². The highest BCUT2D eigenvalue weighted by Crippen LogP contribution is 2.31. The molecule has 2 aromatic rings. The fourth-order valence-corrected chi connectivity index (χ4v) is 5.48. The quantitative estimate of drug-likeness (QED) is 0.754. The Balaban J connectivity index is 1.51. The van der Waals surface area contributed by atoms with Crippen molar-refractivity contribution in [2.45, 2.75) is 63.3 Å². The van der Waals surface area contributed by atoms with E-state index < -0.39 is 10.0 Å². The van der Waals surface area contributed by atoms with Gasteiger partial charge in [0.1, 0.15) is 0 Å². The Morgan fingerprint density at radius 2 is 1.80 bits per heavy atom. The second-order valence-corrected chi connectivity index (χ2v) is 10.1. The maximum Gasteiger partial charge on any atom is 0.322 e. The largest absolute Gasteiger partial charge is 0.335 e. The highest BCUT2D eigenvalue weighted by Gasteiger charge is 2.28. The summed E-state index contributed by atoms with van der Waals surface area (Å²) in [6, 6.07) is 10.9. The number of nitrogens with zero attached hydrogens (tertiary/aromatic N) is 1. The van der Waals surface area contributed by atoms with E-state index in [1.54, 1.807) is 23.1 Å². The summed E-state index contributed by atoms with van der Waals surface area (Å²) < 4.78 is 28.6. The summed E-state index contributed by atoms with van der Waals surface area (Å²) in [4.78, 5) is 14.7. The van der Waals surface area contributed by atoms with Crippen LogP contribution < -0.4 is 14.9 Å². The summed E-state index contributed by atoms with van der Waals surface area (Å²) in [5.41, 5.74) is 4.14.